The summed E-state index contributed by atoms with van der Waals surface area (Å²) < 4.78 is 0.857. The highest BCUT2D eigenvalue weighted by Crippen LogP contribution is 2.34. The van der Waals surface area contributed by atoms with Crippen LogP contribution in [0.1, 0.15) is 0 Å². The molecule has 3 nitrogen and oxygen atoms in total. The number of anilines is 2. The minimum atomic E-state index is 0.645. The molecule has 3 rings (SSSR count). The number of thioether (sulfide) groups is 1. The molecule has 0 unspecified atom stereocenters. The number of fused-ring (bicyclic) bond motifs is 1. The van der Waals surface area contributed by atoms with Gasteiger partial charge in [0.05, 0.1) is 21.3 Å². The van der Waals surface area contributed by atoms with Crippen LogP contribution in [0.2, 0.25) is 5.02 Å². The van der Waals surface area contributed by atoms with Crippen molar-refractivity contribution in [3.05, 3.63) is 46.0 Å². The van der Waals surface area contributed by atoms with Crippen molar-refractivity contribution < 1.29 is 0 Å². The normalized spacial score (nSPS) is 10.9. The summed E-state index contributed by atoms with van der Waals surface area (Å²) in [6.45, 7) is 0. The standard InChI is InChI=1S/C14H11BrClN3S/c1-20-12-7-8-10(18-12)5-6-17-14(8)19-11-4-2-3-9(15)13(11)16/h2-7,18H,1H3,(H,17,19). The summed E-state index contributed by atoms with van der Waals surface area (Å²) in [5.41, 5.74) is 1.88. The topological polar surface area (TPSA) is 40.7 Å². The van der Waals surface area contributed by atoms with Gasteiger partial charge >= 0.3 is 0 Å². The first-order valence-corrected chi connectivity index (χ1v) is 8.31. The maximum Gasteiger partial charge on any atom is 0.139 e. The highest BCUT2D eigenvalue weighted by molar-refractivity contribution is 9.10. The van der Waals surface area contributed by atoms with E-state index < -0.39 is 0 Å². The molecule has 0 aliphatic heterocycles. The highest BCUT2D eigenvalue weighted by atomic mass is 79.9. The van der Waals surface area contributed by atoms with Crippen molar-refractivity contribution in [2.75, 3.05) is 11.6 Å². The van der Waals surface area contributed by atoms with E-state index in [1.165, 1.54) is 0 Å². The van der Waals surface area contributed by atoms with Gasteiger partial charge in [0, 0.05) is 16.1 Å². The first-order chi connectivity index (χ1) is 9.69. The maximum atomic E-state index is 6.28. The van der Waals surface area contributed by atoms with E-state index in [1.54, 1.807) is 18.0 Å². The van der Waals surface area contributed by atoms with Gasteiger partial charge in [0.15, 0.2) is 0 Å². The maximum absolute atomic E-state index is 6.28. The van der Waals surface area contributed by atoms with Gasteiger partial charge in [-0.1, -0.05) is 17.7 Å². The predicted octanol–water partition coefficient (Wildman–Crippen LogP) is 5.44. The summed E-state index contributed by atoms with van der Waals surface area (Å²) in [7, 11) is 0. The number of nitrogens with zero attached hydrogens (tertiary/aromatic N) is 1. The third-order valence-electron chi connectivity index (χ3n) is 2.95. The Labute approximate surface area is 134 Å². The molecule has 0 radical (unpaired) electrons. The van der Waals surface area contributed by atoms with Crippen LogP contribution in [0.15, 0.2) is 46.0 Å². The highest BCUT2D eigenvalue weighted by Gasteiger charge is 2.09. The fraction of sp³-hybridized carbons (Fsp3) is 0.0714. The van der Waals surface area contributed by atoms with Gasteiger partial charge in [-0.3, -0.25) is 0 Å². The molecule has 0 aliphatic carbocycles. The summed E-state index contributed by atoms with van der Waals surface area (Å²) >= 11 is 11.4. The molecule has 6 heteroatoms. The van der Waals surface area contributed by atoms with Crippen molar-refractivity contribution in [2.45, 2.75) is 5.03 Å². The van der Waals surface area contributed by atoms with E-state index >= 15 is 0 Å². The number of rotatable bonds is 3. The molecule has 2 N–H and O–H groups in total. The Balaban J connectivity index is 2.06. The first-order valence-electron chi connectivity index (χ1n) is 5.92. The summed E-state index contributed by atoms with van der Waals surface area (Å²) in [6, 6.07) is 9.81. The number of hydrogen-bond acceptors (Lipinski definition) is 3. The first kappa shape index (κ1) is 13.8. The van der Waals surface area contributed by atoms with E-state index in [4.69, 9.17) is 11.6 Å². The number of benzene rings is 1. The molecule has 20 heavy (non-hydrogen) atoms. The summed E-state index contributed by atoms with van der Waals surface area (Å²) in [5, 5.41) is 6.09. The lowest BCUT2D eigenvalue weighted by atomic mass is 10.2. The molecule has 3 aromatic rings. The third-order valence-corrected chi connectivity index (χ3v) is 4.90. The van der Waals surface area contributed by atoms with Gasteiger partial charge in [0.2, 0.25) is 0 Å². The van der Waals surface area contributed by atoms with Crippen LogP contribution >= 0.6 is 39.3 Å². The van der Waals surface area contributed by atoms with Crippen LogP contribution in [-0.2, 0) is 0 Å². The van der Waals surface area contributed by atoms with Gasteiger partial charge in [-0.2, -0.15) is 0 Å². The second-order valence-electron chi connectivity index (χ2n) is 4.18. The van der Waals surface area contributed by atoms with E-state index in [0.29, 0.717) is 5.02 Å². The Morgan fingerprint density at radius 3 is 3.00 bits per heavy atom. The lowest BCUT2D eigenvalue weighted by Gasteiger charge is -2.09. The van der Waals surface area contributed by atoms with Gasteiger partial charge in [-0.25, -0.2) is 4.98 Å². The second-order valence-corrected chi connectivity index (χ2v) is 6.27. The van der Waals surface area contributed by atoms with Gasteiger partial charge in [-0.05, 0) is 46.5 Å². The van der Waals surface area contributed by atoms with Crippen LogP contribution in [0, 0.1) is 0 Å². The Bertz CT molecular complexity index is 772. The fourth-order valence-corrected chi connectivity index (χ4v) is 2.95. The Morgan fingerprint density at radius 1 is 1.35 bits per heavy atom. The Morgan fingerprint density at radius 2 is 2.20 bits per heavy atom. The van der Waals surface area contributed by atoms with Crippen molar-refractivity contribution >= 4 is 61.7 Å². The molecular formula is C14H11BrClN3S. The zero-order chi connectivity index (χ0) is 14.1. The number of hydrogen-bond donors (Lipinski definition) is 2. The molecule has 0 aliphatic rings. The van der Waals surface area contributed by atoms with Crippen molar-refractivity contribution in [2.24, 2.45) is 0 Å². The largest absolute Gasteiger partial charge is 0.350 e. The predicted molar refractivity (Wildman–Crippen MR) is 90.3 cm³/mol. The average Bonchev–Trinajstić information content (AvgIpc) is 2.88. The molecule has 102 valence electrons. The fourth-order valence-electron chi connectivity index (χ4n) is 1.97. The molecule has 1 aromatic carbocycles. The lowest BCUT2D eigenvalue weighted by molar-refractivity contribution is 1.24. The zero-order valence-corrected chi connectivity index (χ0v) is 13.7. The van der Waals surface area contributed by atoms with Crippen LogP contribution in [-0.4, -0.2) is 16.2 Å². The van der Waals surface area contributed by atoms with Gasteiger partial charge in [0.25, 0.3) is 0 Å². The third kappa shape index (κ3) is 2.53. The van der Waals surface area contributed by atoms with E-state index in [-0.39, 0.29) is 0 Å². The van der Waals surface area contributed by atoms with E-state index in [2.05, 4.69) is 37.3 Å². The SMILES string of the molecule is CSc1cc2c(Nc3cccc(Br)c3Cl)nccc2[nH]1. The van der Waals surface area contributed by atoms with Crippen molar-refractivity contribution in [3.8, 4) is 0 Å². The van der Waals surface area contributed by atoms with Crippen molar-refractivity contribution in [1.82, 2.24) is 9.97 Å². The van der Waals surface area contributed by atoms with Gasteiger partial charge in [-0.15, -0.1) is 11.8 Å². The van der Waals surface area contributed by atoms with E-state index in [1.807, 2.05) is 30.5 Å². The number of H-pyrrole nitrogens is 1. The van der Waals surface area contributed by atoms with Gasteiger partial charge in [0.1, 0.15) is 5.82 Å². The van der Waals surface area contributed by atoms with Crippen LogP contribution in [0.5, 0.6) is 0 Å². The lowest BCUT2D eigenvalue weighted by Crippen LogP contribution is -1.94. The van der Waals surface area contributed by atoms with Crippen LogP contribution in [0.4, 0.5) is 11.5 Å². The summed E-state index contributed by atoms with van der Waals surface area (Å²) in [5.74, 6) is 0.791. The summed E-state index contributed by atoms with van der Waals surface area (Å²) in [6.07, 6.45) is 3.81. The van der Waals surface area contributed by atoms with Crippen LogP contribution in [0.3, 0.4) is 0 Å². The second kappa shape index (κ2) is 5.68. The molecular weight excluding hydrogens is 358 g/mol. The number of pyridine rings is 1. The molecule has 0 atom stereocenters. The van der Waals surface area contributed by atoms with E-state index in [9.17, 15) is 0 Å². The minimum Gasteiger partial charge on any atom is -0.350 e. The van der Waals surface area contributed by atoms with E-state index in [0.717, 1.165) is 31.9 Å². The Kier molecular flexibility index (Phi) is 3.92. The number of halogens is 2. The summed E-state index contributed by atoms with van der Waals surface area (Å²) in [4.78, 5) is 7.74. The van der Waals surface area contributed by atoms with Crippen molar-refractivity contribution in [1.29, 1.82) is 0 Å². The molecule has 0 spiro atoms. The molecule has 0 saturated heterocycles. The zero-order valence-electron chi connectivity index (χ0n) is 10.6. The molecule has 0 fully saturated rings. The molecule has 0 saturated carbocycles. The quantitative estimate of drug-likeness (QED) is 0.604. The Hall–Kier alpha value is -1.17. The molecule has 0 amide bonds. The van der Waals surface area contributed by atoms with Crippen LogP contribution in [0.25, 0.3) is 10.9 Å². The number of aromatic nitrogens is 2. The van der Waals surface area contributed by atoms with Crippen LogP contribution < -0.4 is 5.32 Å². The molecule has 0 bridgehead atoms. The molecule has 2 heterocycles. The number of aromatic amines is 1. The molecule has 2 aromatic heterocycles. The number of nitrogens with one attached hydrogen (secondary N) is 2. The van der Waals surface area contributed by atoms with Gasteiger partial charge < -0.3 is 10.3 Å². The minimum absolute atomic E-state index is 0.645. The monoisotopic (exact) mass is 367 g/mol. The average molecular weight is 369 g/mol. The smallest absolute Gasteiger partial charge is 0.139 e. The van der Waals surface area contributed by atoms with Crippen molar-refractivity contribution in [3.63, 3.8) is 0 Å².